The fraction of sp³-hybridized carbons (Fsp3) is 0.688. The van der Waals surface area contributed by atoms with Crippen LogP contribution in [0.5, 0.6) is 0 Å². The van der Waals surface area contributed by atoms with Gasteiger partial charge in [0.1, 0.15) is 0 Å². The first-order valence-electron chi connectivity index (χ1n) is 7.32. The largest absolute Gasteiger partial charge is 0.383 e. The fourth-order valence-electron chi connectivity index (χ4n) is 2.02. The van der Waals surface area contributed by atoms with E-state index in [1.807, 2.05) is 13.1 Å². The molecule has 0 radical (unpaired) electrons. The summed E-state index contributed by atoms with van der Waals surface area (Å²) in [5.74, 6) is 0. The summed E-state index contributed by atoms with van der Waals surface area (Å²) in [7, 11) is 1.74. The van der Waals surface area contributed by atoms with Crippen LogP contribution < -0.4 is 10.2 Å². The maximum atomic E-state index is 5.21. The fourth-order valence-corrected chi connectivity index (χ4v) is 2.02. The van der Waals surface area contributed by atoms with Gasteiger partial charge in [-0.1, -0.05) is 0 Å². The van der Waals surface area contributed by atoms with E-state index in [1.54, 1.807) is 7.11 Å². The molecule has 4 nitrogen and oxygen atoms in total. The van der Waals surface area contributed by atoms with Crippen molar-refractivity contribution in [2.45, 2.75) is 46.7 Å². The molecular weight excluding hydrogens is 250 g/mol. The van der Waals surface area contributed by atoms with Gasteiger partial charge in [0.15, 0.2) is 0 Å². The molecule has 0 saturated heterocycles. The minimum Gasteiger partial charge on any atom is -0.383 e. The number of hydrogen-bond donors (Lipinski definition) is 1. The second-order valence-electron chi connectivity index (χ2n) is 6.13. The zero-order valence-electron chi connectivity index (χ0n) is 13.8. The SMILES string of the molecule is CCN(CCOC)c1cc(C)ncc1CNC(C)(C)C. The molecule has 4 heteroatoms. The van der Waals surface area contributed by atoms with Crippen molar-refractivity contribution in [3.63, 3.8) is 0 Å². The number of ether oxygens (including phenoxy) is 1. The molecular formula is C16H29N3O. The van der Waals surface area contributed by atoms with Crippen LogP contribution in [0.25, 0.3) is 0 Å². The van der Waals surface area contributed by atoms with E-state index in [4.69, 9.17) is 4.74 Å². The zero-order valence-corrected chi connectivity index (χ0v) is 13.8. The number of likely N-dealkylation sites (N-methyl/N-ethyl adjacent to an activating group) is 1. The Morgan fingerprint density at radius 3 is 2.60 bits per heavy atom. The first-order chi connectivity index (χ1) is 9.37. The number of hydrogen-bond acceptors (Lipinski definition) is 4. The molecule has 1 aromatic heterocycles. The van der Waals surface area contributed by atoms with Crippen molar-refractivity contribution in [1.29, 1.82) is 0 Å². The predicted molar refractivity (Wildman–Crippen MR) is 85.3 cm³/mol. The smallest absolute Gasteiger partial charge is 0.0637 e. The molecule has 0 saturated carbocycles. The maximum absolute atomic E-state index is 5.21. The zero-order chi connectivity index (χ0) is 15.2. The van der Waals surface area contributed by atoms with E-state index in [0.29, 0.717) is 0 Å². The highest BCUT2D eigenvalue weighted by Crippen LogP contribution is 2.21. The van der Waals surface area contributed by atoms with Gasteiger partial charge >= 0.3 is 0 Å². The van der Waals surface area contributed by atoms with E-state index < -0.39 is 0 Å². The van der Waals surface area contributed by atoms with Crippen LogP contribution in [0, 0.1) is 6.92 Å². The minimum atomic E-state index is 0.103. The lowest BCUT2D eigenvalue weighted by atomic mass is 10.1. The number of aromatic nitrogens is 1. The number of nitrogens with one attached hydrogen (secondary N) is 1. The van der Waals surface area contributed by atoms with Crippen molar-refractivity contribution < 1.29 is 4.74 Å². The number of methoxy groups -OCH3 is 1. The predicted octanol–water partition coefficient (Wildman–Crippen LogP) is 2.75. The van der Waals surface area contributed by atoms with Crippen molar-refractivity contribution in [2.75, 3.05) is 31.7 Å². The molecule has 0 aliphatic rings. The summed E-state index contributed by atoms with van der Waals surface area (Å²) in [5.41, 5.74) is 3.65. The van der Waals surface area contributed by atoms with E-state index in [0.717, 1.165) is 31.9 Å². The summed E-state index contributed by atoms with van der Waals surface area (Å²) in [6.07, 6.45) is 1.98. The summed E-state index contributed by atoms with van der Waals surface area (Å²) in [6.45, 7) is 14.2. The molecule has 1 N–H and O–H groups in total. The van der Waals surface area contributed by atoms with Crippen LogP contribution in [0.4, 0.5) is 5.69 Å². The molecule has 0 aromatic carbocycles. The first kappa shape index (κ1) is 16.9. The van der Waals surface area contributed by atoms with Gasteiger partial charge in [-0.05, 0) is 40.7 Å². The third-order valence-corrected chi connectivity index (χ3v) is 3.20. The third kappa shape index (κ3) is 5.47. The highest BCUT2D eigenvalue weighted by atomic mass is 16.5. The summed E-state index contributed by atoms with van der Waals surface area (Å²) >= 11 is 0. The summed E-state index contributed by atoms with van der Waals surface area (Å²) in [5, 5.41) is 3.54. The lowest BCUT2D eigenvalue weighted by Gasteiger charge is -2.27. The quantitative estimate of drug-likeness (QED) is 0.833. The van der Waals surface area contributed by atoms with E-state index in [2.05, 4.69) is 49.0 Å². The lowest BCUT2D eigenvalue weighted by Crippen LogP contribution is -2.36. The van der Waals surface area contributed by atoms with E-state index in [-0.39, 0.29) is 5.54 Å². The Hall–Kier alpha value is -1.13. The average molecular weight is 279 g/mol. The molecule has 0 atom stereocenters. The number of anilines is 1. The molecule has 1 rings (SSSR count). The Morgan fingerprint density at radius 1 is 1.35 bits per heavy atom. The Kier molecular flexibility index (Phi) is 6.43. The third-order valence-electron chi connectivity index (χ3n) is 3.20. The Bertz CT molecular complexity index is 413. The minimum absolute atomic E-state index is 0.103. The number of aryl methyl sites for hydroxylation is 1. The van der Waals surface area contributed by atoms with E-state index in [1.165, 1.54) is 11.3 Å². The van der Waals surface area contributed by atoms with Gasteiger partial charge in [-0.15, -0.1) is 0 Å². The van der Waals surface area contributed by atoms with Crippen LogP contribution in [0.3, 0.4) is 0 Å². The molecule has 114 valence electrons. The van der Waals surface area contributed by atoms with E-state index in [9.17, 15) is 0 Å². The van der Waals surface area contributed by atoms with Crippen molar-refractivity contribution in [3.8, 4) is 0 Å². The highest BCUT2D eigenvalue weighted by molar-refractivity contribution is 5.53. The molecule has 1 heterocycles. The maximum Gasteiger partial charge on any atom is 0.0637 e. The second kappa shape index (κ2) is 7.60. The molecule has 0 unspecified atom stereocenters. The van der Waals surface area contributed by atoms with Crippen LogP contribution in [0.2, 0.25) is 0 Å². The summed E-state index contributed by atoms with van der Waals surface area (Å²) in [6, 6.07) is 2.17. The van der Waals surface area contributed by atoms with Gasteiger partial charge < -0.3 is 15.0 Å². The van der Waals surface area contributed by atoms with Gasteiger partial charge in [-0.3, -0.25) is 4.98 Å². The van der Waals surface area contributed by atoms with Gasteiger partial charge in [0.25, 0.3) is 0 Å². The molecule has 20 heavy (non-hydrogen) atoms. The van der Waals surface area contributed by atoms with Gasteiger partial charge in [0.2, 0.25) is 0 Å². The van der Waals surface area contributed by atoms with Crippen LogP contribution in [0.15, 0.2) is 12.3 Å². The van der Waals surface area contributed by atoms with Crippen molar-refractivity contribution in [2.24, 2.45) is 0 Å². The monoisotopic (exact) mass is 279 g/mol. The number of pyridine rings is 1. The van der Waals surface area contributed by atoms with Gasteiger partial charge in [-0.2, -0.15) is 0 Å². The Morgan fingerprint density at radius 2 is 2.05 bits per heavy atom. The van der Waals surface area contributed by atoms with Crippen molar-refractivity contribution >= 4 is 5.69 Å². The molecule has 0 spiro atoms. The number of rotatable bonds is 7. The summed E-state index contributed by atoms with van der Waals surface area (Å²) in [4.78, 5) is 6.78. The first-order valence-corrected chi connectivity index (χ1v) is 7.32. The molecule has 0 bridgehead atoms. The lowest BCUT2D eigenvalue weighted by molar-refractivity contribution is 0.205. The molecule has 0 aliphatic heterocycles. The standard InChI is InChI=1S/C16H29N3O/c1-7-19(8-9-20-6)15-10-13(2)17-11-14(15)12-18-16(3,4)5/h10-11,18H,7-9,12H2,1-6H3. The van der Waals surface area contributed by atoms with Gasteiger partial charge in [0, 0.05) is 55.4 Å². The van der Waals surface area contributed by atoms with Crippen molar-refractivity contribution in [1.82, 2.24) is 10.3 Å². The van der Waals surface area contributed by atoms with Gasteiger partial charge in [-0.25, -0.2) is 0 Å². The summed E-state index contributed by atoms with van der Waals surface area (Å²) < 4.78 is 5.21. The normalized spacial score (nSPS) is 11.7. The number of nitrogens with zero attached hydrogens (tertiary/aromatic N) is 2. The Balaban J connectivity index is 2.93. The van der Waals surface area contributed by atoms with Gasteiger partial charge in [0.05, 0.1) is 6.61 Å². The molecule has 0 aliphatic carbocycles. The molecule has 0 amide bonds. The van der Waals surface area contributed by atoms with Crippen molar-refractivity contribution in [3.05, 3.63) is 23.5 Å². The Labute approximate surface area is 123 Å². The van der Waals surface area contributed by atoms with Crippen LogP contribution in [-0.2, 0) is 11.3 Å². The van der Waals surface area contributed by atoms with E-state index >= 15 is 0 Å². The molecule has 1 aromatic rings. The second-order valence-corrected chi connectivity index (χ2v) is 6.13. The van der Waals surface area contributed by atoms with Crippen LogP contribution in [-0.4, -0.2) is 37.3 Å². The van der Waals surface area contributed by atoms with Crippen LogP contribution >= 0.6 is 0 Å². The average Bonchev–Trinajstić information content (AvgIpc) is 2.37. The topological polar surface area (TPSA) is 37.4 Å². The van der Waals surface area contributed by atoms with Crippen LogP contribution in [0.1, 0.15) is 39.0 Å². The molecule has 0 fully saturated rings. The highest BCUT2D eigenvalue weighted by Gasteiger charge is 2.14.